The monoisotopic (exact) mass is 240 g/mol. The van der Waals surface area contributed by atoms with Gasteiger partial charge in [-0.25, -0.2) is 4.39 Å². The number of ether oxygens (including phenoxy) is 1. The fourth-order valence-electron chi connectivity index (χ4n) is 1.35. The maximum absolute atomic E-state index is 13.5. The number of rotatable bonds is 5. The molecule has 0 fully saturated rings. The zero-order chi connectivity index (χ0) is 12.8. The van der Waals surface area contributed by atoms with E-state index < -0.39 is 5.82 Å². The molecule has 0 saturated heterocycles. The molecule has 1 atom stereocenters. The number of nitrogens with one attached hydrogen (secondary N) is 1. The first-order valence-corrected chi connectivity index (χ1v) is 5.43. The second kappa shape index (κ2) is 6.20. The molecule has 17 heavy (non-hydrogen) atoms. The number of hydrogen-bond donors (Lipinski definition) is 2. The van der Waals surface area contributed by atoms with E-state index in [-0.39, 0.29) is 25.0 Å². The Morgan fingerprint density at radius 2 is 2.29 bits per heavy atom. The summed E-state index contributed by atoms with van der Waals surface area (Å²) in [6.45, 7) is 1.93. The molecule has 3 N–H and O–H groups in total. The molecule has 0 saturated carbocycles. The van der Waals surface area contributed by atoms with E-state index in [1.807, 2.05) is 0 Å². The first-order chi connectivity index (χ1) is 8.04. The second-order valence-corrected chi connectivity index (χ2v) is 3.74. The second-order valence-electron chi connectivity index (χ2n) is 3.74. The van der Waals surface area contributed by atoms with Crippen LogP contribution in [0.1, 0.15) is 24.9 Å². The van der Waals surface area contributed by atoms with Crippen molar-refractivity contribution in [3.05, 3.63) is 29.6 Å². The predicted molar refractivity (Wildman–Crippen MR) is 63.2 cm³/mol. The van der Waals surface area contributed by atoms with E-state index in [2.05, 4.69) is 5.32 Å². The van der Waals surface area contributed by atoms with Crippen molar-refractivity contribution in [1.29, 1.82) is 0 Å². The van der Waals surface area contributed by atoms with E-state index >= 15 is 0 Å². The minimum atomic E-state index is -0.391. The summed E-state index contributed by atoms with van der Waals surface area (Å²) in [6, 6.07) is 4.17. The Labute approximate surface area is 100.0 Å². The van der Waals surface area contributed by atoms with E-state index in [1.54, 1.807) is 26.1 Å². The summed E-state index contributed by atoms with van der Waals surface area (Å²) in [5.74, 6) is -0.106. The molecule has 1 aromatic carbocycles. The summed E-state index contributed by atoms with van der Waals surface area (Å²) in [6.07, 6.45) is 0.243. The van der Waals surface area contributed by atoms with E-state index in [0.717, 1.165) is 0 Å². The van der Waals surface area contributed by atoms with Crippen molar-refractivity contribution in [2.45, 2.75) is 19.4 Å². The number of amides is 1. The summed E-state index contributed by atoms with van der Waals surface area (Å²) in [5, 5.41) is 2.48. The van der Waals surface area contributed by atoms with Gasteiger partial charge in [0.1, 0.15) is 11.6 Å². The summed E-state index contributed by atoms with van der Waals surface area (Å²) in [5.41, 5.74) is 6.04. The highest BCUT2D eigenvalue weighted by atomic mass is 19.1. The highest BCUT2D eigenvalue weighted by Gasteiger charge is 2.08. The molecule has 0 aromatic heterocycles. The number of halogens is 1. The molecule has 1 rings (SSSR count). The van der Waals surface area contributed by atoms with Crippen molar-refractivity contribution in [3.8, 4) is 5.75 Å². The van der Waals surface area contributed by atoms with Gasteiger partial charge in [0.25, 0.3) is 0 Å². The zero-order valence-corrected chi connectivity index (χ0v) is 10.00. The summed E-state index contributed by atoms with van der Waals surface area (Å²) < 4.78 is 18.8. The Kier molecular flexibility index (Phi) is 4.90. The third-order valence-electron chi connectivity index (χ3n) is 2.34. The minimum absolute atomic E-state index is 0.113. The van der Waals surface area contributed by atoms with Crippen LogP contribution in [0.15, 0.2) is 18.2 Å². The fraction of sp³-hybridized carbons (Fsp3) is 0.417. The number of carbonyl (C=O) groups is 1. The molecule has 0 bridgehead atoms. The van der Waals surface area contributed by atoms with Crippen LogP contribution in [0, 0.1) is 5.82 Å². The Bertz CT molecular complexity index is 394. The fourth-order valence-corrected chi connectivity index (χ4v) is 1.35. The normalized spacial score (nSPS) is 12.0. The molecule has 0 aliphatic heterocycles. The lowest BCUT2D eigenvalue weighted by Gasteiger charge is -2.10. The van der Waals surface area contributed by atoms with Gasteiger partial charge in [0, 0.05) is 24.7 Å². The molecule has 0 radical (unpaired) electrons. The Morgan fingerprint density at radius 3 is 2.82 bits per heavy atom. The minimum Gasteiger partial charge on any atom is -0.493 e. The summed E-state index contributed by atoms with van der Waals surface area (Å²) >= 11 is 0. The van der Waals surface area contributed by atoms with Crippen molar-refractivity contribution < 1.29 is 13.9 Å². The van der Waals surface area contributed by atoms with Gasteiger partial charge in [-0.2, -0.15) is 0 Å². The standard InChI is InChI=1S/C12H17FN2O2/c1-8(14)10-4-3-9(7-11(10)13)17-6-5-12(16)15-2/h3-4,7-8H,5-6,14H2,1-2H3,(H,15,16)/t8-/m1/s1. The molecule has 1 aromatic rings. The van der Waals surface area contributed by atoms with Gasteiger partial charge in [0.2, 0.25) is 5.91 Å². The largest absolute Gasteiger partial charge is 0.493 e. The van der Waals surface area contributed by atoms with Gasteiger partial charge in [-0.15, -0.1) is 0 Å². The molecule has 0 aliphatic rings. The number of hydrogen-bond acceptors (Lipinski definition) is 3. The first-order valence-electron chi connectivity index (χ1n) is 5.43. The number of benzene rings is 1. The summed E-state index contributed by atoms with van der Waals surface area (Å²) in [4.78, 5) is 10.9. The van der Waals surface area contributed by atoms with Crippen LogP contribution in [-0.4, -0.2) is 19.6 Å². The van der Waals surface area contributed by atoms with Gasteiger partial charge in [-0.3, -0.25) is 4.79 Å². The maximum Gasteiger partial charge on any atom is 0.223 e. The summed E-state index contributed by atoms with van der Waals surface area (Å²) in [7, 11) is 1.55. The highest BCUT2D eigenvalue weighted by molar-refractivity contribution is 5.75. The average molecular weight is 240 g/mol. The van der Waals surface area contributed by atoms with Gasteiger partial charge in [0.05, 0.1) is 13.0 Å². The van der Waals surface area contributed by atoms with Crippen LogP contribution in [0.5, 0.6) is 5.75 Å². The van der Waals surface area contributed by atoms with Crippen LogP contribution in [0.3, 0.4) is 0 Å². The first kappa shape index (κ1) is 13.4. The third-order valence-corrected chi connectivity index (χ3v) is 2.34. The van der Waals surface area contributed by atoms with Gasteiger partial charge < -0.3 is 15.8 Å². The van der Waals surface area contributed by atoms with Gasteiger partial charge in [-0.1, -0.05) is 6.07 Å². The van der Waals surface area contributed by atoms with E-state index in [9.17, 15) is 9.18 Å². The molecule has 0 unspecified atom stereocenters. The number of carbonyl (C=O) groups excluding carboxylic acids is 1. The van der Waals surface area contributed by atoms with Crippen molar-refractivity contribution >= 4 is 5.91 Å². The van der Waals surface area contributed by atoms with Crippen LogP contribution in [0.25, 0.3) is 0 Å². The number of nitrogens with two attached hydrogens (primary N) is 1. The molecule has 1 amide bonds. The molecule has 0 aliphatic carbocycles. The molecular weight excluding hydrogens is 223 g/mol. The van der Waals surface area contributed by atoms with Crippen molar-refractivity contribution in [2.75, 3.05) is 13.7 Å². The quantitative estimate of drug-likeness (QED) is 0.816. The molecular formula is C12H17FN2O2. The van der Waals surface area contributed by atoms with E-state index in [4.69, 9.17) is 10.5 Å². The topological polar surface area (TPSA) is 64.3 Å². The average Bonchev–Trinajstić information content (AvgIpc) is 2.28. The van der Waals surface area contributed by atoms with E-state index in [1.165, 1.54) is 6.07 Å². The molecule has 5 heteroatoms. The smallest absolute Gasteiger partial charge is 0.223 e. The van der Waals surface area contributed by atoms with E-state index in [0.29, 0.717) is 11.3 Å². The van der Waals surface area contributed by atoms with Gasteiger partial charge in [0.15, 0.2) is 0 Å². The van der Waals surface area contributed by atoms with Crippen LogP contribution in [0.2, 0.25) is 0 Å². The highest BCUT2D eigenvalue weighted by Crippen LogP contribution is 2.20. The lowest BCUT2D eigenvalue weighted by molar-refractivity contribution is -0.121. The molecule has 0 spiro atoms. The Hall–Kier alpha value is -1.62. The molecule has 94 valence electrons. The predicted octanol–water partition coefficient (Wildman–Crippen LogP) is 1.36. The lowest BCUT2D eigenvalue weighted by atomic mass is 10.1. The van der Waals surface area contributed by atoms with Crippen LogP contribution in [0.4, 0.5) is 4.39 Å². The van der Waals surface area contributed by atoms with Gasteiger partial charge in [-0.05, 0) is 13.0 Å². The molecule has 4 nitrogen and oxygen atoms in total. The van der Waals surface area contributed by atoms with Gasteiger partial charge >= 0.3 is 0 Å². The van der Waals surface area contributed by atoms with Crippen LogP contribution >= 0.6 is 0 Å². The SMILES string of the molecule is CNC(=O)CCOc1ccc([C@@H](C)N)c(F)c1. The van der Waals surface area contributed by atoms with Crippen molar-refractivity contribution in [2.24, 2.45) is 5.73 Å². The maximum atomic E-state index is 13.5. The van der Waals surface area contributed by atoms with Crippen LogP contribution < -0.4 is 15.8 Å². The lowest BCUT2D eigenvalue weighted by Crippen LogP contribution is -2.20. The molecule has 0 heterocycles. The van der Waals surface area contributed by atoms with Crippen molar-refractivity contribution in [1.82, 2.24) is 5.32 Å². The van der Waals surface area contributed by atoms with Crippen molar-refractivity contribution in [3.63, 3.8) is 0 Å². The third kappa shape index (κ3) is 4.03. The Morgan fingerprint density at radius 1 is 1.59 bits per heavy atom. The van der Waals surface area contributed by atoms with Crippen LogP contribution in [-0.2, 0) is 4.79 Å². The Balaban J connectivity index is 2.56. The zero-order valence-electron chi connectivity index (χ0n) is 10.00.